The molecular formula is C31H33ClN6O2. The molecule has 5 rings (SSSR count). The molecule has 206 valence electrons. The third-order valence-corrected chi connectivity index (χ3v) is 7.48. The second-order valence-corrected chi connectivity index (χ2v) is 10.7. The number of carbonyl (C=O) groups is 1. The molecule has 1 aromatic heterocycles. The van der Waals surface area contributed by atoms with Gasteiger partial charge in [-0.25, -0.2) is 9.48 Å². The predicted octanol–water partition coefficient (Wildman–Crippen LogP) is 5.75. The lowest BCUT2D eigenvalue weighted by molar-refractivity contribution is 0.262. The molecule has 40 heavy (non-hydrogen) atoms. The van der Waals surface area contributed by atoms with Crippen molar-refractivity contribution in [1.82, 2.24) is 15.1 Å². The van der Waals surface area contributed by atoms with E-state index in [1.165, 1.54) is 4.68 Å². The maximum Gasteiger partial charge on any atom is 0.323 e. The van der Waals surface area contributed by atoms with Crippen molar-refractivity contribution in [2.24, 2.45) is 0 Å². The van der Waals surface area contributed by atoms with Crippen LogP contribution in [0.25, 0.3) is 11.1 Å². The number of hydrogen-bond donors (Lipinski definition) is 3. The Hall–Kier alpha value is -4.14. The molecule has 1 aliphatic rings. The van der Waals surface area contributed by atoms with Crippen molar-refractivity contribution in [1.29, 1.82) is 0 Å². The Morgan fingerprint density at radius 3 is 2.33 bits per heavy atom. The van der Waals surface area contributed by atoms with Crippen molar-refractivity contribution in [3.8, 4) is 11.1 Å². The van der Waals surface area contributed by atoms with E-state index in [0.717, 1.165) is 35.3 Å². The molecule has 8 nitrogen and oxygen atoms in total. The molecule has 0 radical (unpaired) electrons. The van der Waals surface area contributed by atoms with Gasteiger partial charge >= 0.3 is 6.03 Å². The van der Waals surface area contributed by atoms with Crippen LogP contribution in [-0.4, -0.2) is 41.0 Å². The maximum absolute atomic E-state index is 13.1. The van der Waals surface area contributed by atoms with Crippen LogP contribution in [0.3, 0.4) is 0 Å². The number of nitrogens with zero attached hydrogens (tertiary/aromatic N) is 3. The van der Waals surface area contributed by atoms with E-state index < -0.39 is 0 Å². The molecule has 3 aromatic carbocycles. The summed E-state index contributed by atoms with van der Waals surface area (Å²) in [5, 5.41) is 13.9. The molecule has 4 aromatic rings. The van der Waals surface area contributed by atoms with Gasteiger partial charge in [0.25, 0.3) is 5.56 Å². The van der Waals surface area contributed by atoms with Crippen LogP contribution in [0.2, 0.25) is 5.02 Å². The van der Waals surface area contributed by atoms with Crippen LogP contribution in [0.1, 0.15) is 25.0 Å². The molecule has 1 saturated heterocycles. The average molecular weight is 557 g/mol. The predicted molar refractivity (Wildman–Crippen MR) is 163 cm³/mol. The number of aromatic nitrogens is 2. The zero-order chi connectivity index (χ0) is 28.2. The van der Waals surface area contributed by atoms with Crippen molar-refractivity contribution in [3.05, 3.63) is 105 Å². The zero-order valence-electron chi connectivity index (χ0n) is 22.8. The third kappa shape index (κ3) is 6.19. The first-order valence-corrected chi connectivity index (χ1v) is 13.7. The van der Waals surface area contributed by atoms with E-state index in [-0.39, 0.29) is 35.2 Å². The molecule has 2 amide bonds. The highest BCUT2D eigenvalue weighted by atomic mass is 35.5. The smallest absolute Gasteiger partial charge is 0.323 e. The lowest BCUT2D eigenvalue weighted by Crippen LogP contribution is -2.54. The average Bonchev–Trinajstić information content (AvgIpc) is 2.94. The number of anilines is 3. The Morgan fingerprint density at radius 1 is 0.950 bits per heavy atom. The summed E-state index contributed by atoms with van der Waals surface area (Å²) >= 11 is 6.55. The molecule has 0 saturated carbocycles. The van der Waals surface area contributed by atoms with Gasteiger partial charge in [0, 0.05) is 36.5 Å². The molecule has 2 atom stereocenters. The Kier molecular flexibility index (Phi) is 8.19. The van der Waals surface area contributed by atoms with E-state index in [0.29, 0.717) is 17.1 Å². The molecule has 3 N–H and O–H groups in total. The summed E-state index contributed by atoms with van der Waals surface area (Å²) in [5.74, 6) is 0. The first-order valence-electron chi connectivity index (χ1n) is 13.4. The number of rotatable bonds is 6. The van der Waals surface area contributed by atoms with Crippen molar-refractivity contribution in [2.45, 2.75) is 39.4 Å². The summed E-state index contributed by atoms with van der Waals surface area (Å²) in [5.41, 5.74) is 5.53. The Morgan fingerprint density at radius 2 is 1.62 bits per heavy atom. The van der Waals surface area contributed by atoms with Crippen LogP contribution in [0.4, 0.5) is 21.9 Å². The van der Waals surface area contributed by atoms with Crippen molar-refractivity contribution in [2.75, 3.05) is 28.6 Å². The molecule has 0 aliphatic carbocycles. The van der Waals surface area contributed by atoms with Gasteiger partial charge in [0.2, 0.25) is 0 Å². The number of halogens is 1. The molecule has 1 fully saturated rings. The summed E-state index contributed by atoms with van der Waals surface area (Å²) in [4.78, 5) is 28.0. The third-order valence-electron chi connectivity index (χ3n) is 7.13. The van der Waals surface area contributed by atoms with Crippen LogP contribution in [0.5, 0.6) is 0 Å². The van der Waals surface area contributed by atoms with Crippen LogP contribution in [-0.2, 0) is 6.54 Å². The zero-order valence-corrected chi connectivity index (χ0v) is 23.6. The van der Waals surface area contributed by atoms with E-state index in [1.54, 1.807) is 6.20 Å². The number of benzene rings is 3. The quantitative estimate of drug-likeness (QED) is 0.281. The molecule has 0 unspecified atom stereocenters. The Balaban J connectivity index is 1.27. The molecular weight excluding hydrogens is 524 g/mol. The number of nitrogens with one attached hydrogen (secondary N) is 3. The highest BCUT2D eigenvalue weighted by Gasteiger charge is 2.24. The lowest BCUT2D eigenvalue weighted by atomic mass is 10.1. The topological polar surface area (TPSA) is 91.3 Å². The highest BCUT2D eigenvalue weighted by molar-refractivity contribution is 6.33. The molecule has 0 spiro atoms. The van der Waals surface area contributed by atoms with Gasteiger partial charge in [-0.05, 0) is 61.2 Å². The van der Waals surface area contributed by atoms with Crippen LogP contribution >= 0.6 is 11.6 Å². The number of urea groups is 1. The molecule has 9 heteroatoms. The van der Waals surface area contributed by atoms with E-state index in [9.17, 15) is 9.59 Å². The number of piperazine rings is 1. The minimum Gasteiger partial charge on any atom is -0.366 e. The monoisotopic (exact) mass is 556 g/mol. The van der Waals surface area contributed by atoms with Crippen molar-refractivity contribution in [3.63, 3.8) is 0 Å². The molecule has 1 aliphatic heterocycles. The van der Waals surface area contributed by atoms with Crippen molar-refractivity contribution >= 4 is 34.7 Å². The van der Waals surface area contributed by atoms with Gasteiger partial charge < -0.3 is 20.9 Å². The summed E-state index contributed by atoms with van der Waals surface area (Å²) in [6, 6.07) is 23.6. The summed E-state index contributed by atoms with van der Waals surface area (Å²) in [6.45, 7) is 7.86. The van der Waals surface area contributed by atoms with Gasteiger partial charge in [0.05, 0.1) is 18.4 Å². The fourth-order valence-electron chi connectivity index (χ4n) is 5.13. The Labute approximate surface area is 239 Å². The van der Waals surface area contributed by atoms with Gasteiger partial charge in [0.15, 0.2) is 0 Å². The largest absolute Gasteiger partial charge is 0.366 e. The minimum atomic E-state index is -0.352. The van der Waals surface area contributed by atoms with Crippen LogP contribution in [0, 0.1) is 6.92 Å². The van der Waals surface area contributed by atoms with Crippen LogP contribution < -0.4 is 26.4 Å². The summed E-state index contributed by atoms with van der Waals surface area (Å²) in [6.07, 6.45) is 1.67. The Bertz CT molecular complexity index is 1540. The van der Waals surface area contributed by atoms with Crippen LogP contribution in [0.15, 0.2) is 83.8 Å². The fraction of sp³-hybridized carbons (Fsp3) is 0.258. The first kappa shape index (κ1) is 27.4. The van der Waals surface area contributed by atoms with E-state index in [1.807, 2.05) is 79.7 Å². The molecule has 2 heterocycles. The standard InChI is InChI=1S/C31H33ClN6O2/c1-20-17-37(18-21(2)34-20)28-16-33-38(30(39)29(28)32)19-25-10-7-11-27(22(25)3)36-31(40)35-26-14-12-24(13-15-26)23-8-5-4-6-9-23/h4-16,20-21,34H,17-19H2,1-3H3,(H2,35,36,40)/t20-,21+. The van der Waals surface area contributed by atoms with E-state index >= 15 is 0 Å². The second kappa shape index (κ2) is 11.9. The van der Waals surface area contributed by atoms with E-state index in [4.69, 9.17) is 11.6 Å². The van der Waals surface area contributed by atoms with Gasteiger partial charge in [-0.1, -0.05) is 66.2 Å². The van der Waals surface area contributed by atoms with Gasteiger partial charge in [-0.2, -0.15) is 5.10 Å². The number of amides is 2. The lowest BCUT2D eigenvalue weighted by Gasteiger charge is -2.37. The fourth-order valence-corrected chi connectivity index (χ4v) is 5.39. The molecule has 0 bridgehead atoms. The summed E-state index contributed by atoms with van der Waals surface area (Å²) in [7, 11) is 0. The van der Waals surface area contributed by atoms with Gasteiger partial charge in [-0.15, -0.1) is 0 Å². The second-order valence-electron chi connectivity index (χ2n) is 10.3. The minimum absolute atomic E-state index is 0.167. The van der Waals surface area contributed by atoms with Crippen molar-refractivity contribution < 1.29 is 4.79 Å². The van der Waals surface area contributed by atoms with E-state index in [2.05, 4.69) is 39.8 Å². The number of carbonyl (C=O) groups excluding carboxylic acids is 1. The van der Waals surface area contributed by atoms with Gasteiger partial charge in [-0.3, -0.25) is 4.79 Å². The highest BCUT2D eigenvalue weighted by Crippen LogP contribution is 2.25. The van der Waals surface area contributed by atoms with Gasteiger partial charge in [0.1, 0.15) is 5.02 Å². The first-order chi connectivity index (χ1) is 19.3. The SMILES string of the molecule is Cc1c(Cn2ncc(N3C[C@@H](C)N[C@@H](C)C3)c(Cl)c2=O)cccc1NC(=O)Nc1ccc(-c2ccccc2)cc1. The summed E-state index contributed by atoms with van der Waals surface area (Å²) < 4.78 is 1.36. The maximum atomic E-state index is 13.1. The normalized spacial score (nSPS) is 16.9. The number of hydrogen-bond acceptors (Lipinski definition) is 5.